The zero-order chi connectivity index (χ0) is 21.3. The van der Waals surface area contributed by atoms with Crippen molar-refractivity contribution in [3.63, 3.8) is 0 Å². The predicted molar refractivity (Wildman–Crippen MR) is 112 cm³/mol. The van der Waals surface area contributed by atoms with E-state index in [2.05, 4.69) is 11.0 Å². The lowest BCUT2D eigenvalue weighted by molar-refractivity contribution is -0.132. The van der Waals surface area contributed by atoms with E-state index in [1.807, 2.05) is 24.1 Å². The van der Waals surface area contributed by atoms with Gasteiger partial charge in [0.15, 0.2) is 11.5 Å². The van der Waals surface area contributed by atoms with Gasteiger partial charge in [-0.25, -0.2) is 0 Å². The Labute approximate surface area is 181 Å². The number of aromatic hydroxyl groups is 1. The monoisotopic (exact) mass is 422 g/mol. The molecule has 1 aliphatic carbocycles. The molecule has 0 radical (unpaired) electrons. The minimum Gasteiger partial charge on any atom is -0.508 e. The van der Waals surface area contributed by atoms with Crippen molar-refractivity contribution in [2.45, 2.75) is 43.5 Å². The Morgan fingerprint density at radius 3 is 2.77 bits per heavy atom. The lowest BCUT2D eigenvalue weighted by Gasteiger charge is -2.44. The Hall–Kier alpha value is -2.77. The molecule has 0 saturated carbocycles. The standard InChI is InChI=1S/C24H26N2O5/c1-25-16-10-17(29-2)21-19-14(9-18-23(21)31-12-30-18)11-26(22(20(16)19)24(25)28)8-7-13-3-5-15(27)6-4-13/h3-6,9,16-17,20,22,27H,7-8,10-12H2,1-2H3/t16-,17-,20-,22-/m0/s1. The predicted octanol–water partition coefficient (Wildman–Crippen LogP) is 2.56. The summed E-state index contributed by atoms with van der Waals surface area (Å²) in [6.07, 6.45) is 1.47. The maximum Gasteiger partial charge on any atom is 0.240 e. The molecule has 1 saturated heterocycles. The summed E-state index contributed by atoms with van der Waals surface area (Å²) in [4.78, 5) is 17.6. The molecule has 0 bridgehead atoms. The van der Waals surface area contributed by atoms with E-state index in [0.29, 0.717) is 6.54 Å². The number of phenolic OH excluding ortho intramolecular Hbond substituents is 1. The average Bonchev–Trinajstić information content (AvgIpc) is 3.35. The molecule has 0 unspecified atom stereocenters. The second kappa shape index (κ2) is 6.87. The molecule has 6 rings (SSSR count). The number of likely N-dealkylation sites (tertiary alicyclic amines) is 1. The highest BCUT2D eigenvalue weighted by Gasteiger charge is 2.57. The molecule has 162 valence electrons. The zero-order valence-electron chi connectivity index (χ0n) is 17.7. The number of hydrogen-bond donors (Lipinski definition) is 1. The van der Waals surface area contributed by atoms with Crippen LogP contribution in [0.25, 0.3) is 0 Å². The van der Waals surface area contributed by atoms with Crippen molar-refractivity contribution in [2.75, 3.05) is 27.5 Å². The first kappa shape index (κ1) is 19.0. The molecule has 4 atom stereocenters. The van der Waals surface area contributed by atoms with Crippen LogP contribution in [0.1, 0.15) is 40.7 Å². The summed E-state index contributed by atoms with van der Waals surface area (Å²) in [5.74, 6) is 2.14. The van der Waals surface area contributed by atoms with Gasteiger partial charge in [-0.15, -0.1) is 0 Å². The molecule has 0 aromatic heterocycles. The van der Waals surface area contributed by atoms with Crippen molar-refractivity contribution < 1.29 is 24.1 Å². The number of ether oxygens (including phenoxy) is 3. The number of likely N-dealkylation sites (N-methyl/N-ethyl adjacent to an activating group) is 1. The van der Waals surface area contributed by atoms with Crippen molar-refractivity contribution in [3.8, 4) is 17.2 Å². The number of methoxy groups -OCH3 is 1. The van der Waals surface area contributed by atoms with Gasteiger partial charge >= 0.3 is 0 Å². The van der Waals surface area contributed by atoms with Crippen LogP contribution >= 0.6 is 0 Å². The average molecular weight is 422 g/mol. The Kier molecular flexibility index (Phi) is 4.20. The van der Waals surface area contributed by atoms with E-state index in [1.54, 1.807) is 19.2 Å². The van der Waals surface area contributed by atoms with Crippen molar-refractivity contribution in [1.82, 2.24) is 9.80 Å². The summed E-state index contributed by atoms with van der Waals surface area (Å²) in [5.41, 5.74) is 4.67. The maximum atomic E-state index is 13.4. The Balaban J connectivity index is 1.42. The van der Waals surface area contributed by atoms with Gasteiger partial charge in [0.2, 0.25) is 12.7 Å². The summed E-state index contributed by atoms with van der Waals surface area (Å²) in [5, 5.41) is 9.56. The van der Waals surface area contributed by atoms with Gasteiger partial charge < -0.3 is 24.2 Å². The van der Waals surface area contributed by atoms with Crippen molar-refractivity contribution >= 4 is 5.91 Å². The first-order valence-electron chi connectivity index (χ1n) is 10.8. The van der Waals surface area contributed by atoms with Crippen LogP contribution in [0.15, 0.2) is 30.3 Å². The maximum absolute atomic E-state index is 13.4. The highest BCUT2D eigenvalue weighted by Crippen LogP contribution is 2.57. The number of carbonyl (C=O) groups is 1. The fraction of sp³-hybridized carbons (Fsp3) is 0.458. The van der Waals surface area contributed by atoms with E-state index in [1.165, 1.54) is 11.1 Å². The third-order valence-electron chi connectivity index (χ3n) is 7.47. The van der Waals surface area contributed by atoms with Crippen LogP contribution in [0.4, 0.5) is 0 Å². The molecule has 0 spiro atoms. The van der Waals surface area contributed by atoms with Crippen LogP contribution in [0.2, 0.25) is 0 Å². The van der Waals surface area contributed by atoms with Crippen LogP contribution in [-0.2, 0) is 22.5 Å². The van der Waals surface area contributed by atoms with E-state index < -0.39 is 0 Å². The van der Waals surface area contributed by atoms with Gasteiger partial charge in [-0.3, -0.25) is 9.69 Å². The molecule has 1 N–H and O–H groups in total. The quantitative estimate of drug-likeness (QED) is 0.817. The fourth-order valence-corrected chi connectivity index (χ4v) is 6.02. The SMILES string of the molecule is CO[C@H]1C[C@H]2[C@H]3c4c(cc5c(c41)OCO5)CN(CCc1ccc(O)cc1)[C@@H]3C(=O)N2C. The van der Waals surface area contributed by atoms with Crippen LogP contribution in [-0.4, -0.2) is 60.4 Å². The van der Waals surface area contributed by atoms with Gasteiger partial charge in [0, 0.05) is 44.8 Å². The van der Waals surface area contributed by atoms with Crippen LogP contribution in [0.5, 0.6) is 17.2 Å². The lowest BCUT2D eigenvalue weighted by Crippen LogP contribution is -2.48. The Morgan fingerprint density at radius 1 is 1.19 bits per heavy atom. The number of rotatable bonds is 4. The largest absolute Gasteiger partial charge is 0.508 e. The summed E-state index contributed by atoms with van der Waals surface area (Å²) in [7, 11) is 3.65. The van der Waals surface area contributed by atoms with Crippen LogP contribution in [0, 0.1) is 0 Å². The molecule has 2 aromatic carbocycles. The molecule has 4 aliphatic rings. The van der Waals surface area contributed by atoms with Gasteiger partial charge in [-0.2, -0.15) is 0 Å². The highest BCUT2D eigenvalue weighted by atomic mass is 16.7. The number of amides is 1. The molecular weight excluding hydrogens is 396 g/mol. The molecule has 7 nitrogen and oxygen atoms in total. The second-order valence-electron chi connectivity index (χ2n) is 8.93. The summed E-state index contributed by atoms with van der Waals surface area (Å²) in [6, 6.07) is 9.36. The van der Waals surface area contributed by atoms with E-state index >= 15 is 0 Å². The van der Waals surface area contributed by atoms with Crippen molar-refractivity contribution in [3.05, 3.63) is 52.6 Å². The normalized spacial score (nSPS) is 28.2. The smallest absolute Gasteiger partial charge is 0.240 e. The summed E-state index contributed by atoms with van der Waals surface area (Å²) < 4.78 is 17.5. The molecule has 7 heteroatoms. The topological polar surface area (TPSA) is 71.5 Å². The molecule has 3 heterocycles. The number of nitrogens with zero attached hydrogens (tertiary/aromatic N) is 2. The molecule has 1 fully saturated rings. The van der Waals surface area contributed by atoms with E-state index in [9.17, 15) is 9.90 Å². The van der Waals surface area contributed by atoms with Gasteiger partial charge in [0.25, 0.3) is 0 Å². The van der Waals surface area contributed by atoms with E-state index in [0.717, 1.165) is 42.0 Å². The van der Waals surface area contributed by atoms with Gasteiger partial charge in [-0.1, -0.05) is 12.1 Å². The van der Waals surface area contributed by atoms with E-state index in [4.69, 9.17) is 14.2 Å². The minimum atomic E-state index is -0.170. The molecule has 1 amide bonds. The van der Waals surface area contributed by atoms with Gasteiger partial charge in [0.1, 0.15) is 5.75 Å². The molecule has 31 heavy (non-hydrogen) atoms. The van der Waals surface area contributed by atoms with Gasteiger partial charge in [0.05, 0.1) is 12.1 Å². The second-order valence-corrected chi connectivity index (χ2v) is 8.93. The Morgan fingerprint density at radius 2 is 2.00 bits per heavy atom. The minimum absolute atomic E-state index is 0.107. The molecule has 3 aliphatic heterocycles. The van der Waals surface area contributed by atoms with E-state index in [-0.39, 0.29) is 42.6 Å². The first-order valence-corrected chi connectivity index (χ1v) is 10.8. The third kappa shape index (κ3) is 2.69. The van der Waals surface area contributed by atoms with Crippen LogP contribution < -0.4 is 9.47 Å². The highest BCUT2D eigenvalue weighted by molar-refractivity contribution is 5.87. The fourth-order valence-electron chi connectivity index (χ4n) is 6.02. The van der Waals surface area contributed by atoms with Crippen molar-refractivity contribution in [1.29, 1.82) is 0 Å². The first-order chi connectivity index (χ1) is 15.1. The molecule has 2 aromatic rings. The lowest BCUT2D eigenvalue weighted by atomic mass is 9.71. The summed E-state index contributed by atoms with van der Waals surface area (Å²) in [6.45, 7) is 1.69. The van der Waals surface area contributed by atoms with Gasteiger partial charge in [-0.05, 0) is 47.7 Å². The molecular formula is C24H26N2O5. The Bertz CT molecular complexity index is 1050. The number of fused-ring (bicyclic) bond motifs is 2. The van der Waals surface area contributed by atoms with Crippen LogP contribution in [0.3, 0.4) is 0 Å². The number of phenols is 1. The third-order valence-corrected chi connectivity index (χ3v) is 7.47. The number of carbonyl (C=O) groups excluding carboxylic acids is 1. The number of benzene rings is 2. The number of hydrogen-bond acceptors (Lipinski definition) is 6. The zero-order valence-corrected chi connectivity index (χ0v) is 17.7. The van der Waals surface area contributed by atoms with Crippen molar-refractivity contribution in [2.24, 2.45) is 0 Å². The summed E-state index contributed by atoms with van der Waals surface area (Å²) >= 11 is 0.